The summed E-state index contributed by atoms with van der Waals surface area (Å²) in [6.07, 6.45) is 1.12. The standard InChI is InChI=1S/C14H21N3/c1-3-15-14(16-4-2)17-10-9-12-7-5-6-8-13(12)11-17/h5-8H,3-4,9-11H2,1-2H3,(H,15,16). The Balaban J connectivity index is 2.13. The average Bonchev–Trinajstić information content (AvgIpc) is 2.38. The Morgan fingerprint density at radius 3 is 2.76 bits per heavy atom. The molecular formula is C14H21N3. The predicted octanol–water partition coefficient (Wildman–Crippen LogP) is 2.03. The van der Waals surface area contributed by atoms with Gasteiger partial charge in [-0.1, -0.05) is 24.3 Å². The first-order valence-corrected chi connectivity index (χ1v) is 6.45. The number of hydrogen-bond donors (Lipinski definition) is 1. The molecule has 1 N–H and O–H groups in total. The number of hydrogen-bond acceptors (Lipinski definition) is 1. The lowest BCUT2D eigenvalue weighted by Gasteiger charge is -2.31. The second-order valence-electron chi connectivity index (χ2n) is 4.27. The van der Waals surface area contributed by atoms with Crippen molar-refractivity contribution in [2.45, 2.75) is 26.8 Å². The molecule has 1 aliphatic rings. The minimum atomic E-state index is 0.834. The van der Waals surface area contributed by atoms with Gasteiger partial charge in [-0.15, -0.1) is 0 Å². The molecule has 0 aliphatic carbocycles. The van der Waals surface area contributed by atoms with Crippen molar-refractivity contribution in [3.8, 4) is 0 Å². The minimum Gasteiger partial charge on any atom is -0.357 e. The van der Waals surface area contributed by atoms with E-state index >= 15 is 0 Å². The molecule has 1 aromatic carbocycles. The van der Waals surface area contributed by atoms with E-state index in [0.29, 0.717) is 0 Å². The maximum Gasteiger partial charge on any atom is 0.194 e. The van der Waals surface area contributed by atoms with Gasteiger partial charge in [-0.3, -0.25) is 4.99 Å². The smallest absolute Gasteiger partial charge is 0.194 e. The van der Waals surface area contributed by atoms with Crippen molar-refractivity contribution in [3.63, 3.8) is 0 Å². The highest BCUT2D eigenvalue weighted by atomic mass is 15.3. The minimum absolute atomic E-state index is 0.834. The quantitative estimate of drug-likeness (QED) is 0.623. The normalized spacial score (nSPS) is 15.6. The lowest BCUT2D eigenvalue weighted by molar-refractivity contribution is 0.379. The molecule has 0 unspecified atom stereocenters. The van der Waals surface area contributed by atoms with Crippen LogP contribution in [0.4, 0.5) is 0 Å². The van der Waals surface area contributed by atoms with Gasteiger partial charge in [0.05, 0.1) is 0 Å². The highest BCUT2D eigenvalue weighted by Crippen LogP contribution is 2.18. The highest BCUT2D eigenvalue weighted by molar-refractivity contribution is 5.80. The molecule has 0 bridgehead atoms. The van der Waals surface area contributed by atoms with Gasteiger partial charge in [-0.25, -0.2) is 0 Å². The van der Waals surface area contributed by atoms with Crippen LogP contribution in [0.15, 0.2) is 29.3 Å². The Morgan fingerprint density at radius 1 is 1.29 bits per heavy atom. The van der Waals surface area contributed by atoms with Gasteiger partial charge < -0.3 is 10.2 Å². The zero-order valence-corrected chi connectivity index (χ0v) is 10.7. The Hall–Kier alpha value is -1.51. The molecule has 0 atom stereocenters. The summed E-state index contributed by atoms with van der Waals surface area (Å²) in [5.74, 6) is 1.05. The highest BCUT2D eigenvalue weighted by Gasteiger charge is 2.17. The van der Waals surface area contributed by atoms with Gasteiger partial charge >= 0.3 is 0 Å². The van der Waals surface area contributed by atoms with Crippen LogP contribution in [0.3, 0.4) is 0 Å². The predicted molar refractivity (Wildman–Crippen MR) is 72.2 cm³/mol. The molecular weight excluding hydrogens is 210 g/mol. The van der Waals surface area contributed by atoms with Gasteiger partial charge in [0, 0.05) is 26.2 Å². The summed E-state index contributed by atoms with van der Waals surface area (Å²) in [7, 11) is 0. The number of nitrogens with zero attached hydrogens (tertiary/aromatic N) is 2. The van der Waals surface area contributed by atoms with Crippen LogP contribution in [0.5, 0.6) is 0 Å². The molecule has 92 valence electrons. The number of nitrogens with one attached hydrogen (secondary N) is 1. The number of guanidine groups is 1. The monoisotopic (exact) mass is 231 g/mol. The van der Waals surface area contributed by atoms with Crippen LogP contribution >= 0.6 is 0 Å². The van der Waals surface area contributed by atoms with Crippen molar-refractivity contribution in [3.05, 3.63) is 35.4 Å². The third-order valence-electron chi connectivity index (χ3n) is 3.07. The fourth-order valence-electron chi connectivity index (χ4n) is 2.25. The van der Waals surface area contributed by atoms with Crippen molar-refractivity contribution < 1.29 is 0 Å². The first-order chi connectivity index (χ1) is 8.35. The molecule has 0 aromatic heterocycles. The summed E-state index contributed by atoms with van der Waals surface area (Å²) < 4.78 is 0. The summed E-state index contributed by atoms with van der Waals surface area (Å²) in [4.78, 5) is 6.88. The topological polar surface area (TPSA) is 27.6 Å². The average molecular weight is 231 g/mol. The van der Waals surface area contributed by atoms with Crippen molar-refractivity contribution in [1.82, 2.24) is 10.2 Å². The summed E-state index contributed by atoms with van der Waals surface area (Å²) >= 11 is 0. The molecule has 3 nitrogen and oxygen atoms in total. The summed E-state index contributed by atoms with van der Waals surface area (Å²) in [6, 6.07) is 8.69. The first kappa shape index (κ1) is 12.0. The zero-order chi connectivity index (χ0) is 12.1. The fraction of sp³-hybridized carbons (Fsp3) is 0.500. The Kier molecular flexibility index (Phi) is 4.02. The Morgan fingerprint density at radius 2 is 2.06 bits per heavy atom. The first-order valence-electron chi connectivity index (χ1n) is 6.45. The fourth-order valence-corrected chi connectivity index (χ4v) is 2.25. The van der Waals surface area contributed by atoms with Gasteiger partial charge in [0.25, 0.3) is 0 Å². The van der Waals surface area contributed by atoms with Crippen LogP contribution in [-0.2, 0) is 13.0 Å². The van der Waals surface area contributed by atoms with Crippen molar-refractivity contribution in [2.24, 2.45) is 4.99 Å². The number of fused-ring (bicyclic) bond motifs is 1. The van der Waals surface area contributed by atoms with E-state index in [2.05, 4.69) is 53.3 Å². The molecule has 0 saturated carbocycles. The van der Waals surface area contributed by atoms with Crippen LogP contribution in [0.25, 0.3) is 0 Å². The molecule has 3 heteroatoms. The molecule has 0 radical (unpaired) electrons. The maximum atomic E-state index is 4.54. The van der Waals surface area contributed by atoms with Crippen LogP contribution in [0.1, 0.15) is 25.0 Å². The maximum absolute atomic E-state index is 4.54. The lowest BCUT2D eigenvalue weighted by Crippen LogP contribution is -2.44. The summed E-state index contributed by atoms with van der Waals surface area (Å²) in [5, 5.41) is 3.36. The molecule has 0 fully saturated rings. The van der Waals surface area contributed by atoms with Gasteiger partial charge in [0.15, 0.2) is 5.96 Å². The van der Waals surface area contributed by atoms with E-state index in [1.807, 2.05) is 0 Å². The SMILES string of the molecule is CCN=C(NCC)N1CCc2ccccc2C1. The molecule has 1 aliphatic heterocycles. The van der Waals surface area contributed by atoms with Crippen molar-refractivity contribution in [1.29, 1.82) is 0 Å². The molecule has 1 heterocycles. The number of benzene rings is 1. The third-order valence-corrected chi connectivity index (χ3v) is 3.07. The number of aliphatic imine (C=N–C) groups is 1. The zero-order valence-electron chi connectivity index (χ0n) is 10.7. The summed E-state index contributed by atoms with van der Waals surface area (Å²) in [5.41, 5.74) is 2.91. The van der Waals surface area contributed by atoms with E-state index in [1.165, 1.54) is 11.1 Å². The lowest BCUT2D eigenvalue weighted by atomic mass is 10.0. The Labute approximate surface area is 104 Å². The molecule has 0 amide bonds. The van der Waals surface area contributed by atoms with E-state index in [4.69, 9.17) is 0 Å². The van der Waals surface area contributed by atoms with E-state index in [1.54, 1.807) is 0 Å². The van der Waals surface area contributed by atoms with Crippen LogP contribution in [0, 0.1) is 0 Å². The van der Waals surface area contributed by atoms with Crippen molar-refractivity contribution >= 4 is 5.96 Å². The Bertz CT molecular complexity index is 398. The molecule has 17 heavy (non-hydrogen) atoms. The molecule has 1 aromatic rings. The summed E-state index contributed by atoms with van der Waals surface area (Å²) in [6.45, 7) is 7.99. The van der Waals surface area contributed by atoms with Crippen LogP contribution in [-0.4, -0.2) is 30.5 Å². The van der Waals surface area contributed by atoms with E-state index in [9.17, 15) is 0 Å². The largest absolute Gasteiger partial charge is 0.357 e. The van der Waals surface area contributed by atoms with Gasteiger partial charge in [-0.2, -0.15) is 0 Å². The molecule has 2 rings (SSSR count). The third kappa shape index (κ3) is 2.78. The van der Waals surface area contributed by atoms with Crippen LogP contribution in [0.2, 0.25) is 0 Å². The van der Waals surface area contributed by atoms with Gasteiger partial charge in [-0.05, 0) is 31.4 Å². The number of rotatable bonds is 2. The second kappa shape index (κ2) is 5.71. The van der Waals surface area contributed by atoms with E-state index < -0.39 is 0 Å². The molecule has 0 spiro atoms. The molecule has 0 saturated heterocycles. The van der Waals surface area contributed by atoms with Crippen LogP contribution < -0.4 is 5.32 Å². The second-order valence-corrected chi connectivity index (χ2v) is 4.27. The van der Waals surface area contributed by atoms with Crippen molar-refractivity contribution in [2.75, 3.05) is 19.6 Å². The van der Waals surface area contributed by atoms with E-state index in [-0.39, 0.29) is 0 Å². The van der Waals surface area contributed by atoms with Gasteiger partial charge in [0.2, 0.25) is 0 Å². The van der Waals surface area contributed by atoms with Gasteiger partial charge in [0.1, 0.15) is 0 Å². The van der Waals surface area contributed by atoms with E-state index in [0.717, 1.165) is 38.6 Å².